The summed E-state index contributed by atoms with van der Waals surface area (Å²) >= 11 is 0. The van der Waals surface area contributed by atoms with Gasteiger partial charge in [0.15, 0.2) is 5.69 Å². The number of nitrogens with one attached hydrogen (secondary N) is 1. The van der Waals surface area contributed by atoms with Crippen LogP contribution in [0.5, 0.6) is 0 Å². The van der Waals surface area contributed by atoms with E-state index in [2.05, 4.69) is 30.1 Å². The third-order valence-electron chi connectivity index (χ3n) is 1.09. The van der Waals surface area contributed by atoms with E-state index >= 15 is 0 Å². The summed E-state index contributed by atoms with van der Waals surface area (Å²) in [6.45, 7) is 0. The number of rotatable bonds is 1. The molecule has 0 radical (unpaired) electrons. The first-order chi connectivity index (χ1) is 5.36. The number of aromatic amines is 1. The summed E-state index contributed by atoms with van der Waals surface area (Å²) in [7, 11) is 0. The lowest BCUT2D eigenvalue weighted by atomic mass is 10.5. The summed E-state index contributed by atoms with van der Waals surface area (Å²) in [5.74, 6) is 0.330. The molecule has 3 N–H and O–H groups in total. The van der Waals surface area contributed by atoms with E-state index < -0.39 is 0 Å². The quantitative estimate of drug-likeness (QED) is 0.567. The van der Waals surface area contributed by atoms with Crippen LogP contribution in [0, 0.1) is 0 Å². The second-order valence-corrected chi connectivity index (χ2v) is 1.81. The molecule has 11 heavy (non-hydrogen) atoms. The second-order valence-electron chi connectivity index (χ2n) is 1.81. The van der Waals surface area contributed by atoms with Crippen molar-refractivity contribution in [2.45, 2.75) is 0 Å². The lowest BCUT2D eigenvalue weighted by Crippen LogP contribution is -1.83. The van der Waals surface area contributed by atoms with E-state index in [1.165, 1.54) is 6.20 Å². The Morgan fingerprint density at radius 3 is 3.00 bits per heavy atom. The molecule has 0 fully saturated rings. The Labute approximate surface area is 60.6 Å². The van der Waals surface area contributed by atoms with Gasteiger partial charge in [-0.3, -0.25) is 0 Å². The lowest BCUT2D eigenvalue weighted by Gasteiger charge is -1.77. The highest BCUT2D eigenvalue weighted by atomic mass is 16.5. The van der Waals surface area contributed by atoms with Crippen molar-refractivity contribution in [1.82, 2.24) is 25.6 Å². The Morgan fingerprint density at radius 1 is 1.55 bits per heavy atom. The average molecular weight is 152 g/mol. The molecule has 0 saturated heterocycles. The van der Waals surface area contributed by atoms with Gasteiger partial charge < -0.3 is 10.3 Å². The molecule has 2 rings (SSSR count). The molecule has 0 bridgehead atoms. The number of nitrogens with two attached hydrogens (primary N) is 1. The number of hydrogen-bond acceptors (Lipinski definition) is 6. The van der Waals surface area contributed by atoms with Gasteiger partial charge in [0.25, 0.3) is 0 Å². The van der Waals surface area contributed by atoms with Crippen LogP contribution in [0.2, 0.25) is 0 Å². The van der Waals surface area contributed by atoms with E-state index in [0.717, 1.165) is 0 Å². The SMILES string of the molecule is Nc1nc(-c2cn[nH]n2)no1. The topological polar surface area (TPSA) is 107 Å². The van der Waals surface area contributed by atoms with Gasteiger partial charge in [0.2, 0.25) is 5.82 Å². The van der Waals surface area contributed by atoms with E-state index in [1.54, 1.807) is 0 Å². The first-order valence-electron chi connectivity index (χ1n) is 2.81. The summed E-state index contributed by atoms with van der Waals surface area (Å²) in [6, 6.07) is 0.0167. The fourth-order valence-electron chi connectivity index (χ4n) is 0.649. The van der Waals surface area contributed by atoms with Crippen LogP contribution in [-0.2, 0) is 0 Å². The second kappa shape index (κ2) is 2.04. The van der Waals surface area contributed by atoms with E-state index in [9.17, 15) is 0 Å². The van der Waals surface area contributed by atoms with Crippen molar-refractivity contribution in [3.05, 3.63) is 6.20 Å². The van der Waals surface area contributed by atoms with Crippen molar-refractivity contribution in [3.8, 4) is 11.5 Å². The number of anilines is 1. The van der Waals surface area contributed by atoms with Gasteiger partial charge in [-0.25, -0.2) is 0 Å². The Balaban J connectivity index is 2.45. The molecule has 2 heterocycles. The lowest BCUT2D eigenvalue weighted by molar-refractivity contribution is 0.436. The fraction of sp³-hybridized carbons (Fsp3) is 0. The monoisotopic (exact) mass is 152 g/mol. The van der Waals surface area contributed by atoms with Crippen molar-refractivity contribution < 1.29 is 4.52 Å². The maximum absolute atomic E-state index is 5.19. The van der Waals surface area contributed by atoms with Crippen LogP contribution >= 0.6 is 0 Å². The minimum Gasteiger partial charge on any atom is -0.351 e. The summed E-state index contributed by atoms with van der Waals surface area (Å²) < 4.78 is 4.52. The molecule has 0 atom stereocenters. The third-order valence-corrected chi connectivity index (χ3v) is 1.09. The van der Waals surface area contributed by atoms with Gasteiger partial charge in [0, 0.05) is 0 Å². The molecule has 7 nitrogen and oxygen atoms in total. The summed E-state index contributed by atoms with van der Waals surface area (Å²) in [4.78, 5) is 3.73. The normalized spacial score (nSPS) is 10.2. The standard InChI is InChI=1S/C4H4N6O/c5-4-7-3(9-11-4)2-1-6-10-8-2/h1H,(H2,5,7,9)(H,6,8,10). The highest BCUT2D eigenvalue weighted by Crippen LogP contribution is 2.10. The molecular formula is C4H4N6O. The first kappa shape index (κ1) is 5.83. The molecule has 0 unspecified atom stereocenters. The number of H-pyrrole nitrogens is 1. The molecule has 0 aliphatic rings. The molecule has 0 aromatic carbocycles. The smallest absolute Gasteiger partial charge is 0.319 e. The van der Waals surface area contributed by atoms with Gasteiger partial charge in [-0.1, -0.05) is 5.16 Å². The van der Waals surface area contributed by atoms with Crippen LogP contribution < -0.4 is 5.73 Å². The van der Waals surface area contributed by atoms with Gasteiger partial charge >= 0.3 is 6.01 Å². The highest BCUT2D eigenvalue weighted by molar-refractivity contribution is 5.46. The number of aromatic nitrogens is 5. The highest BCUT2D eigenvalue weighted by Gasteiger charge is 2.07. The Hall–Kier alpha value is -1.92. The summed E-state index contributed by atoms with van der Waals surface area (Å²) in [6.07, 6.45) is 1.48. The Bertz CT molecular complexity index is 337. The van der Waals surface area contributed by atoms with Crippen molar-refractivity contribution in [2.75, 3.05) is 5.73 Å². The molecule has 56 valence electrons. The van der Waals surface area contributed by atoms with E-state index in [1.807, 2.05) is 0 Å². The molecule has 0 amide bonds. The van der Waals surface area contributed by atoms with Crippen LogP contribution in [-0.4, -0.2) is 25.6 Å². The Morgan fingerprint density at radius 2 is 2.45 bits per heavy atom. The molecule has 0 aliphatic carbocycles. The zero-order valence-electron chi connectivity index (χ0n) is 5.35. The molecule has 0 spiro atoms. The largest absolute Gasteiger partial charge is 0.351 e. The Kier molecular flexibility index (Phi) is 1.08. The van der Waals surface area contributed by atoms with Crippen molar-refractivity contribution in [1.29, 1.82) is 0 Å². The van der Waals surface area contributed by atoms with Crippen molar-refractivity contribution >= 4 is 6.01 Å². The molecule has 0 aliphatic heterocycles. The predicted octanol–water partition coefficient (Wildman–Crippen LogP) is -0.563. The van der Waals surface area contributed by atoms with Gasteiger partial charge in [-0.05, 0) is 0 Å². The van der Waals surface area contributed by atoms with Gasteiger partial charge in [-0.15, -0.1) is 0 Å². The maximum atomic E-state index is 5.19. The summed E-state index contributed by atoms with van der Waals surface area (Å²) in [5.41, 5.74) is 5.69. The van der Waals surface area contributed by atoms with Crippen LogP contribution in [0.25, 0.3) is 11.5 Å². The predicted molar refractivity (Wildman–Crippen MR) is 34.1 cm³/mol. The molecule has 2 aromatic rings. The van der Waals surface area contributed by atoms with Crippen molar-refractivity contribution in [2.24, 2.45) is 0 Å². The first-order valence-corrected chi connectivity index (χ1v) is 2.81. The third kappa shape index (κ3) is 0.914. The molecule has 7 heteroatoms. The summed E-state index contributed by atoms with van der Waals surface area (Å²) in [5, 5.41) is 13.2. The molecular weight excluding hydrogens is 148 g/mol. The zero-order chi connectivity index (χ0) is 7.68. The van der Waals surface area contributed by atoms with Crippen LogP contribution in [0.1, 0.15) is 0 Å². The zero-order valence-corrected chi connectivity index (χ0v) is 5.35. The van der Waals surface area contributed by atoms with Gasteiger partial charge in [-0.2, -0.15) is 20.4 Å². The fourth-order valence-corrected chi connectivity index (χ4v) is 0.649. The maximum Gasteiger partial charge on any atom is 0.319 e. The van der Waals surface area contributed by atoms with Crippen LogP contribution in [0.4, 0.5) is 6.01 Å². The molecule has 2 aromatic heterocycles. The minimum absolute atomic E-state index is 0.0167. The van der Waals surface area contributed by atoms with Gasteiger partial charge in [0.05, 0.1) is 6.20 Å². The molecule has 0 saturated carbocycles. The number of nitrogen functional groups attached to an aromatic ring is 1. The van der Waals surface area contributed by atoms with Crippen LogP contribution in [0.15, 0.2) is 10.7 Å². The average Bonchev–Trinajstić information content (AvgIpc) is 2.55. The van der Waals surface area contributed by atoms with Crippen LogP contribution in [0.3, 0.4) is 0 Å². The number of hydrogen-bond donors (Lipinski definition) is 2. The van der Waals surface area contributed by atoms with E-state index in [-0.39, 0.29) is 6.01 Å². The van der Waals surface area contributed by atoms with E-state index in [0.29, 0.717) is 11.5 Å². The minimum atomic E-state index is 0.0167. The van der Waals surface area contributed by atoms with Crippen molar-refractivity contribution in [3.63, 3.8) is 0 Å². The number of nitrogens with zero attached hydrogens (tertiary/aromatic N) is 4. The van der Waals surface area contributed by atoms with Gasteiger partial charge in [0.1, 0.15) is 0 Å². The van der Waals surface area contributed by atoms with E-state index in [4.69, 9.17) is 5.73 Å².